The quantitative estimate of drug-likeness (QED) is 0.736. The predicted octanol–water partition coefficient (Wildman–Crippen LogP) is 3.81. The molecule has 0 heterocycles. The van der Waals surface area contributed by atoms with E-state index in [0.29, 0.717) is 11.1 Å². The van der Waals surface area contributed by atoms with E-state index >= 15 is 0 Å². The smallest absolute Gasteiger partial charge is 0.195 e. The van der Waals surface area contributed by atoms with Crippen LogP contribution in [0, 0.1) is 25.5 Å². The summed E-state index contributed by atoms with van der Waals surface area (Å²) in [6.07, 6.45) is 0. The highest BCUT2D eigenvalue weighted by Gasteiger charge is 2.15. The summed E-state index contributed by atoms with van der Waals surface area (Å²) < 4.78 is 26.7. The van der Waals surface area contributed by atoms with Gasteiger partial charge in [0.25, 0.3) is 0 Å². The van der Waals surface area contributed by atoms with Gasteiger partial charge in [-0.25, -0.2) is 8.78 Å². The Hall–Kier alpha value is -2.03. The topological polar surface area (TPSA) is 17.1 Å². The number of halogens is 2. The Labute approximate surface area is 104 Å². The first-order valence-corrected chi connectivity index (χ1v) is 5.56. The maximum Gasteiger partial charge on any atom is 0.195 e. The molecule has 92 valence electrons. The molecule has 0 saturated carbocycles. The number of hydrogen-bond acceptors (Lipinski definition) is 1. The Balaban J connectivity index is 2.47. The van der Waals surface area contributed by atoms with E-state index in [4.69, 9.17) is 0 Å². The summed E-state index contributed by atoms with van der Waals surface area (Å²) in [5.74, 6) is -1.37. The van der Waals surface area contributed by atoms with Crippen LogP contribution in [-0.2, 0) is 0 Å². The van der Waals surface area contributed by atoms with Gasteiger partial charge in [0.05, 0.1) is 5.56 Å². The van der Waals surface area contributed by atoms with Crippen molar-refractivity contribution in [2.75, 3.05) is 0 Å². The minimum Gasteiger partial charge on any atom is -0.288 e. The number of carbonyl (C=O) groups is 1. The van der Waals surface area contributed by atoms with Crippen molar-refractivity contribution in [1.82, 2.24) is 0 Å². The van der Waals surface area contributed by atoms with Gasteiger partial charge in [-0.15, -0.1) is 0 Å². The van der Waals surface area contributed by atoms with Crippen LogP contribution in [0.1, 0.15) is 27.0 Å². The van der Waals surface area contributed by atoms with E-state index in [1.54, 1.807) is 19.9 Å². The maximum atomic E-state index is 13.6. The minimum absolute atomic E-state index is 0.0148. The fraction of sp³-hybridized carbons (Fsp3) is 0.133. The average Bonchev–Trinajstić information content (AvgIpc) is 2.35. The zero-order chi connectivity index (χ0) is 13.3. The van der Waals surface area contributed by atoms with Crippen molar-refractivity contribution in [1.29, 1.82) is 0 Å². The second-order valence-electron chi connectivity index (χ2n) is 4.28. The second-order valence-corrected chi connectivity index (χ2v) is 4.28. The first-order valence-electron chi connectivity index (χ1n) is 5.56. The molecule has 0 aliphatic carbocycles. The fourth-order valence-corrected chi connectivity index (χ4v) is 1.75. The van der Waals surface area contributed by atoms with E-state index in [-0.39, 0.29) is 11.4 Å². The van der Waals surface area contributed by atoms with Crippen molar-refractivity contribution in [3.05, 3.63) is 70.3 Å². The van der Waals surface area contributed by atoms with Crippen LogP contribution in [0.25, 0.3) is 0 Å². The molecule has 2 rings (SSSR count). The molecule has 3 heteroatoms. The number of benzene rings is 2. The number of carbonyl (C=O) groups excluding carboxylic acids is 1. The number of aryl methyl sites for hydroxylation is 2. The van der Waals surface area contributed by atoms with Crippen LogP contribution in [0.3, 0.4) is 0 Å². The van der Waals surface area contributed by atoms with Gasteiger partial charge < -0.3 is 0 Å². The number of rotatable bonds is 2. The highest BCUT2D eigenvalue weighted by molar-refractivity contribution is 6.09. The Bertz CT molecular complexity index is 618. The SMILES string of the molecule is Cc1ccc(F)c(C(=O)c2ccc(F)c(C)c2)c1. The van der Waals surface area contributed by atoms with Gasteiger partial charge in [0.1, 0.15) is 11.6 Å². The van der Waals surface area contributed by atoms with Crippen LogP contribution in [0.2, 0.25) is 0 Å². The largest absolute Gasteiger partial charge is 0.288 e. The molecule has 18 heavy (non-hydrogen) atoms. The molecule has 0 fully saturated rings. The molecule has 0 radical (unpaired) electrons. The lowest BCUT2D eigenvalue weighted by Gasteiger charge is -2.05. The van der Waals surface area contributed by atoms with Crippen LogP contribution in [0.5, 0.6) is 0 Å². The van der Waals surface area contributed by atoms with E-state index in [9.17, 15) is 13.6 Å². The summed E-state index contributed by atoms with van der Waals surface area (Å²) in [7, 11) is 0. The molecular weight excluding hydrogens is 234 g/mol. The lowest BCUT2D eigenvalue weighted by atomic mass is 9.99. The molecule has 0 atom stereocenters. The number of hydrogen-bond donors (Lipinski definition) is 0. The van der Waals surface area contributed by atoms with E-state index < -0.39 is 11.6 Å². The number of ketones is 1. The molecule has 0 aromatic heterocycles. The summed E-state index contributed by atoms with van der Waals surface area (Å²) in [6.45, 7) is 3.35. The first-order chi connectivity index (χ1) is 8.49. The highest BCUT2D eigenvalue weighted by atomic mass is 19.1. The van der Waals surface area contributed by atoms with E-state index in [0.717, 1.165) is 5.56 Å². The van der Waals surface area contributed by atoms with Crippen molar-refractivity contribution >= 4 is 5.78 Å². The van der Waals surface area contributed by atoms with Gasteiger partial charge in [-0.05, 0) is 49.7 Å². The molecule has 1 nitrogen and oxygen atoms in total. The van der Waals surface area contributed by atoms with Gasteiger partial charge in [-0.1, -0.05) is 11.6 Å². The van der Waals surface area contributed by atoms with Crippen LogP contribution in [0.4, 0.5) is 8.78 Å². The van der Waals surface area contributed by atoms with Gasteiger partial charge >= 0.3 is 0 Å². The predicted molar refractivity (Wildman–Crippen MR) is 65.7 cm³/mol. The summed E-state index contributed by atoms with van der Waals surface area (Å²) in [5.41, 5.74) is 1.48. The zero-order valence-corrected chi connectivity index (χ0v) is 10.1. The molecular formula is C15H12F2O. The van der Waals surface area contributed by atoms with Gasteiger partial charge in [0.2, 0.25) is 0 Å². The van der Waals surface area contributed by atoms with Gasteiger partial charge in [-0.2, -0.15) is 0 Å². The second kappa shape index (κ2) is 4.69. The Morgan fingerprint density at radius 1 is 0.944 bits per heavy atom. The normalized spacial score (nSPS) is 10.4. The van der Waals surface area contributed by atoms with Crippen molar-refractivity contribution < 1.29 is 13.6 Å². The van der Waals surface area contributed by atoms with Crippen molar-refractivity contribution in [2.24, 2.45) is 0 Å². The van der Waals surface area contributed by atoms with Gasteiger partial charge in [0.15, 0.2) is 5.78 Å². The molecule has 0 N–H and O–H groups in total. The van der Waals surface area contributed by atoms with Crippen molar-refractivity contribution in [3.63, 3.8) is 0 Å². The molecule has 2 aromatic carbocycles. The lowest BCUT2D eigenvalue weighted by molar-refractivity contribution is 0.103. The molecule has 0 unspecified atom stereocenters. The third kappa shape index (κ3) is 2.30. The zero-order valence-electron chi connectivity index (χ0n) is 10.1. The molecule has 0 aliphatic rings. The summed E-state index contributed by atoms with van der Waals surface area (Å²) in [6, 6.07) is 8.37. The van der Waals surface area contributed by atoms with Crippen molar-refractivity contribution in [2.45, 2.75) is 13.8 Å². The Kier molecular flexibility index (Phi) is 3.24. The fourth-order valence-electron chi connectivity index (χ4n) is 1.75. The summed E-state index contributed by atoms with van der Waals surface area (Å²) in [5, 5.41) is 0. The summed E-state index contributed by atoms with van der Waals surface area (Å²) in [4.78, 5) is 12.1. The van der Waals surface area contributed by atoms with E-state index in [1.165, 1.54) is 30.3 Å². The monoisotopic (exact) mass is 246 g/mol. The molecule has 2 aromatic rings. The third-order valence-corrected chi connectivity index (χ3v) is 2.79. The Morgan fingerprint density at radius 2 is 1.61 bits per heavy atom. The van der Waals surface area contributed by atoms with Crippen LogP contribution in [0.15, 0.2) is 36.4 Å². The van der Waals surface area contributed by atoms with E-state index in [2.05, 4.69) is 0 Å². The molecule has 0 aliphatic heterocycles. The molecule has 0 amide bonds. The summed E-state index contributed by atoms with van der Waals surface area (Å²) >= 11 is 0. The molecule has 0 bridgehead atoms. The highest BCUT2D eigenvalue weighted by Crippen LogP contribution is 2.17. The van der Waals surface area contributed by atoms with E-state index in [1.807, 2.05) is 0 Å². The lowest BCUT2D eigenvalue weighted by Crippen LogP contribution is -2.05. The Morgan fingerprint density at radius 3 is 2.28 bits per heavy atom. The minimum atomic E-state index is -0.562. The van der Waals surface area contributed by atoms with Crippen molar-refractivity contribution in [3.8, 4) is 0 Å². The van der Waals surface area contributed by atoms with Crippen LogP contribution < -0.4 is 0 Å². The maximum absolute atomic E-state index is 13.6. The van der Waals surface area contributed by atoms with Gasteiger partial charge in [0, 0.05) is 5.56 Å². The third-order valence-electron chi connectivity index (χ3n) is 2.79. The van der Waals surface area contributed by atoms with Crippen LogP contribution >= 0.6 is 0 Å². The first kappa shape index (κ1) is 12.4. The van der Waals surface area contributed by atoms with Gasteiger partial charge in [-0.3, -0.25) is 4.79 Å². The van der Waals surface area contributed by atoms with Crippen LogP contribution in [-0.4, -0.2) is 5.78 Å². The molecule has 0 saturated heterocycles. The average molecular weight is 246 g/mol. The molecule has 0 spiro atoms. The standard InChI is InChI=1S/C15H12F2O/c1-9-3-5-14(17)12(7-9)15(18)11-4-6-13(16)10(2)8-11/h3-8H,1-2H3.